The van der Waals surface area contributed by atoms with Gasteiger partial charge in [-0.15, -0.1) is 0 Å². The molecule has 6 rings (SSSR count). The van der Waals surface area contributed by atoms with Crippen molar-refractivity contribution in [1.29, 1.82) is 0 Å². The maximum atomic E-state index is 7.00. The van der Waals surface area contributed by atoms with Crippen molar-refractivity contribution in [2.24, 2.45) is 5.92 Å². The number of nitrogens with one attached hydrogen (secondary N) is 1. The average Bonchev–Trinajstić information content (AvgIpc) is 3.48. The van der Waals surface area contributed by atoms with E-state index in [1.165, 1.54) is 35.5 Å². The van der Waals surface area contributed by atoms with Crippen LogP contribution in [0.25, 0.3) is 5.69 Å². The lowest BCUT2D eigenvalue weighted by atomic mass is 9.96. The van der Waals surface area contributed by atoms with Crippen LogP contribution in [0.4, 0.5) is 17.1 Å². The van der Waals surface area contributed by atoms with Gasteiger partial charge in [-0.2, -0.15) is 0 Å². The smallest absolute Gasteiger partial charge is 0.174 e. The van der Waals surface area contributed by atoms with Crippen LogP contribution in [0.3, 0.4) is 0 Å². The molecule has 8 heteroatoms. The highest BCUT2D eigenvalue weighted by molar-refractivity contribution is 7.80. The van der Waals surface area contributed by atoms with Gasteiger partial charge in [0.25, 0.3) is 0 Å². The molecule has 2 aromatic heterocycles. The summed E-state index contributed by atoms with van der Waals surface area (Å²) in [6.07, 6.45) is 4.24. The van der Waals surface area contributed by atoms with E-state index in [1.807, 2.05) is 18.3 Å². The Morgan fingerprint density at radius 2 is 1.67 bits per heavy atom. The molecule has 6 nitrogen and oxygen atoms in total. The van der Waals surface area contributed by atoms with E-state index in [9.17, 15) is 0 Å². The normalized spacial score (nSPS) is 19.3. The van der Waals surface area contributed by atoms with Crippen LogP contribution in [-0.4, -0.2) is 41.8 Å². The Balaban J connectivity index is 1.42. The van der Waals surface area contributed by atoms with E-state index < -0.39 is 0 Å². The molecule has 0 spiro atoms. The van der Waals surface area contributed by atoms with E-state index >= 15 is 0 Å². The van der Waals surface area contributed by atoms with E-state index in [2.05, 4.69) is 114 Å². The maximum Gasteiger partial charge on any atom is 0.174 e. The summed E-state index contributed by atoms with van der Waals surface area (Å²) >= 11 is 13.0. The Bertz CT molecular complexity index is 1570. The molecule has 2 fully saturated rings. The van der Waals surface area contributed by atoms with Gasteiger partial charge < -0.3 is 24.6 Å². The Kier molecular flexibility index (Phi) is 7.90. The number of hydrogen-bond acceptors (Lipinski definition) is 4. The number of aromatic nitrogens is 2. The Labute approximate surface area is 259 Å². The van der Waals surface area contributed by atoms with Gasteiger partial charge in [-0.1, -0.05) is 24.6 Å². The van der Waals surface area contributed by atoms with Crippen molar-refractivity contribution in [1.82, 2.24) is 14.9 Å². The van der Waals surface area contributed by atoms with Gasteiger partial charge in [0.15, 0.2) is 5.11 Å². The van der Waals surface area contributed by atoms with Crippen molar-refractivity contribution < 1.29 is 0 Å². The van der Waals surface area contributed by atoms with Crippen molar-refractivity contribution >= 4 is 46.0 Å². The maximum absolute atomic E-state index is 7.00. The number of benzene rings is 2. The molecule has 0 bridgehead atoms. The van der Waals surface area contributed by atoms with Gasteiger partial charge >= 0.3 is 0 Å². The van der Waals surface area contributed by atoms with Crippen LogP contribution in [0.5, 0.6) is 0 Å². The molecule has 0 radical (unpaired) electrons. The monoisotopic (exact) mass is 598 g/mol. The molecule has 4 heterocycles. The Morgan fingerprint density at radius 1 is 0.952 bits per heavy atom. The third-order valence-corrected chi connectivity index (χ3v) is 9.46. The predicted molar refractivity (Wildman–Crippen MR) is 180 cm³/mol. The SMILES string of the molecule is Cc1cc([C@@H]2[C@H](c3ccccn3)NC(=S)N2c2ccc(N3CCC(C)CC3)c(Cl)c2)c(C)n1-c1ccc(N(C)C)cc1. The van der Waals surface area contributed by atoms with Crippen LogP contribution in [0.15, 0.2) is 72.9 Å². The number of thiocarbonyl (C=S) groups is 1. The predicted octanol–water partition coefficient (Wildman–Crippen LogP) is 7.62. The largest absolute Gasteiger partial charge is 0.378 e. The molecule has 0 unspecified atom stereocenters. The number of aryl methyl sites for hydroxylation is 1. The highest BCUT2D eigenvalue weighted by Gasteiger charge is 2.42. The van der Waals surface area contributed by atoms with Gasteiger partial charge in [0.05, 0.1) is 28.5 Å². The summed E-state index contributed by atoms with van der Waals surface area (Å²) in [4.78, 5) is 11.5. The second-order valence-corrected chi connectivity index (χ2v) is 12.7. The summed E-state index contributed by atoms with van der Waals surface area (Å²) in [5, 5.41) is 5.04. The van der Waals surface area contributed by atoms with Crippen molar-refractivity contribution in [3.05, 3.63) is 101 Å². The molecule has 2 saturated heterocycles. The van der Waals surface area contributed by atoms with E-state index in [0.29, 0.717) is 5.11 Å². The second-order valence-electron chi connectivity index (χ2n) is 11.9. The van der Waals surface area contributed by atoms with Gasteiger partial charge in [0.1, 0.15) is 0 Å². The van der Waals surface area contributed by atoms with E-state index in [4.69, 9.17) is 28.8 Å². The quantitative estimate of drug-likeness (QED) is 0.230. The average molecular weight is 599 g/mol. The lowest BCUT2D eigenvalue weighted by Crippen LogP contribution is -2.33. The summed E-state index contributed by atoms with van der Waals surface area (Å²) in [6.45, 7) is 8.77. The first kappa shape index (κ1) is 28.6. The minimum atomic E-state index is -0.120. The zero-order chi connectivity index (χ0) is 29.5. The number of halogens is 1. The first-order chi connectivity index (χ1) is 20.2. The Hall–Kier alpha value is -3.55. The molecule has 1 N–H and O–H groups in total. The molecule has 42 heavy (non-hydrogen) atoms. The topological polar surface area (TPSA) is 39.6 Å². The van der Waals surface area contributed by atoms with Crippen LogP contribution in [0, 0.1) is 19.8 Å². The molecular formula is C34H39ClN6S. The van der Waals surface area contributed by atoms with Gasteiger partial charge in [-0.3, -0.25) is 4.98 Å². The van der Waals surface area contributed by atoms with Gasteiger partial charge in [-0.25, -0.2) is 0 Å². The van der Waals surface area contributed by atoms with E-state index in [0.717, 1.165) is 46.8 Å². The summed E-state index contributed by atoms with van der Waals surface area (Å²) in [6, 6.07) is 23.2. The fourth-order valence-electron chi connectivity index (χ4n) is 6.48. The van der Waals surface area contributed by atoms with Crippen LogP contribution in [-0.2, 0) is 0 Å². The fourth-order valence-corrected chi connectivity index (χ4v) is 7.13. The second kappa shape index (κ2) is 11.6. The first-order valence-corrected chi connectivity index (χ1v) is 15.5. The molecule has 2 atom stereocenters. The fraction of sp³-hybridized carbons (Fsp3) is 0.353. The lowest BCUT2D eigenvalue weighted by molar-refractivity contribution is 0.438. The minimum Gasteiger partial charge on any atom is -0.378 e. The van der Waals surface area contributed by atoms with Crippen molar-refractivity contribution in [3.8, 4) is 5.69 Å². The van der Waals surface area contributed by atoms with Crippen molar-refractivity contribution in [2.45, 2.75) is 45.7 Å². The van der Waals surface area contributed by atoms with E-state index in [-0.39, 0.29) is 12.1 Å². The molecule has 0 saturated carbocycles. The minimum absolute atomic E-state index is 0.105. The molecule has 2 aliphatic rings. The molecule has 2 aromatic carbocycles. The van der Waals surface area contributed by atoms with Crippen LogP contribution in [0.1, 0.15) is 54.5 Å². The van der Waals surface area contributed by atoms with Crippen LogP contribution in [0.2, 0.25) is 5.02 Å². The summed E-state index contributed by atoms with van der Waals surface area (Å²) in [5.41, 5.74) is 8.91. The van der Waals surface area contributed by atoms with Gasteiger partial charge in [0, 0.05) is 61.8 Å². The molecule has 218 valence electrons. The molecule has 2 aliphatic heterocycles. The van der Waals surface area contributed by atoms with Gasteiger partial charge in [0.2, 0.25) is 0 Å². The number of pyridine rings is 1. The highest BCUT2D eigenvalue weighted by Crippen LogP contribution is 2.45. The van der Waals surface area contributed by atoms with Gasteiger partial charge in [-0.05, 0) is 111 Å². The third-order valence-electron chi connectivity index (χ3n) is 8.85. The Morgan fingerprint density at radius 3 is 2.31 bits per heavy atom. The summed E-state index contributed by atoms with van der Waals surface area (Å²) < 4.78 is 2.33. The van der Waals surface area contributed by atoms with Crippen molar-refractivity contribution in [3.63, 3.8) is 0 Å². The number of hydrogen-bond donors (Lipinski definition) is 1. The highest BCUT2D eigenvalue weighted by atomic mass is 35.5. The van der Waals surface area contributed by atoms with Crippen LogP contribution < -0.4 is 20.0 Å². The molecule has 0 amide bonds. The third kappa shape index (κ3) is 5.25. The number of piperidine rings is 1. The standard InChI is InChI=1S/C34H39ClN6S/c1-22-15-18-39(19-16-22)31-14-13-27(21-29(31)35)41-33(32(37-34(41)42)30-8-6-7-17-36-30)28-20-23(2)40(24(28)3)26-11-9-25(10-12-26)38(4)5/h6-14,17,20-22,32-33H,15-16,18-19H2,1-5H3,(H,37,42)/t32-,33+/m0/s1. The number of rotatable bonds is 6. The number of anilines is 3. The summed E-state index contributed by atoms with van der Waals surface area (Å²) in [5.74, 6) is 0.765. The molecule has 0 aliphatic carbocycles. The zero-order valence-corrected chi connectivity index (χ0v) is 26.6. The lowest BCUT2D eigenvalue weighted by Gasteiger charge is -2.33. The number of nitrogens with zero attached hydrogens (tertiary/aromatic N) is 5. The van der Waals surface area contributed by atoms with E-state index in [1.54, 1.807) is 0 Å². The van der Waals surface area contributed by atoms with Crippen molar-refractivity contribution in [2.75, 3.05) is 41.9 Å². The summed E-state index contributed by atoms with van der Waals surface area (Å²) in [7, 11) is 4.13. The zero-order valence-electron chi connectivity index (χ0n) is 25.0. The first-order valence-electron chi connectivity index (χ1n) is 14.7. The molecular weight excluding hydrogens is 560 g/mol. The molecule has 4 aromatic rings. The van der Waals surface area contributed by atoms with Crippen LogP contribution >= 0.6 is 23.8 Å².